The van der Waals surface area contributed by atoms with Gasteiger partial charge in [-0.3, -0.25) is 4.79 Å². The first-order valence-corrected chi connectivity index (χ1v) is 5.00. The van der Waals surface area contributed by atoms with Gasteiger partial charge in [0, 0.05) is 13.5 Å². The molecule has 0 amide bonds. The van der Waals surface area contributed by atoms with Crippen molar-refractivity contribution >= 4 is 5.97 Å². The van der Waals surface area contributed by atoms with Gasteiger partial charge in [0.1, 0.15) is 12.7 Å². The van der Waals surface area contributed by atoms with Crippen LogP contribution >= 0.6 is 0 Å². The summed E-state index contributed by atoms with van der Waals surface area (Å²) in [5.41, 5.74) is -0.548. The summed E-state index contributed by atoms with van der Waals surface area (Å²) in [6.07, 6.45) is 2.17. The second kappa shape index (κ2) is 4.75. The molecule has 0 bridgehead atoms. The van der Waals surface area contributed by atoms with E-state index < -0.39 is 11.7 Å². The second-order valence-corrected chi connectivity index (χ2v) is 3.94. The predicted octanol–water partition coefficient (Wildman–Crippen LogP) is 0.870. The lowest BCUT2D eigenvalue weighted by Crippen LogP contribution is -2.47. The lowest BCUT2D eigenvalue weighted by Gasteiger charge is -2.37. The summed E-state index contributed by atoms with van der Waals surface area (Å²) < 4.78 is 10.3. The molecule has 0 aliphatic carbocycles. The van der Waals surface area contributed by atoms with Crippen molar-refractivity contribution in [3.8, 4) is 0 Å². The number of esters is 1. The molecule has 1 rings (SSSR count). The number of ether oxygens (including phenoxy) is 2. The van der Waals surface area contributed by atoms with Crippen LogP contribution in [-0.2, 0) is 14.3 Å². The molecule has 82 valence electrons. The molecule has 2 atom stereocenters. The normalized spacial score (nSPS) is 29.6. The molecule has 0 saturated carbocycles. The number of hydrogen-bond donors (Lipinski definition) is 1. The third kappa shape index (κ3) is 2.96. The molecular formula is C10H18O4. The fraction of sp³-hybridized carbons (Fsp3) is 0.900. The van der Waals surface area contributed by atoms with Gasteiger partial charge in [-0.1, -0.05) is 0 Å². The van der Waals surface area contributed by atoms with Crippen LogP contribution in [-0.4, -0.2) is 36.0 Å². The van der Waals surface area contributed by atoms with Crippen molar-refractivity contribution in [3.05, 3.63) is 0 Å². The summed E-state index contributed by atoms with van der Waals surface area (Å²) in [6.45, 7) is 3.89. The third-order valence-corrected chi connectivity index (χ3v) is 2.65. The SMILES string of the molecule is CC(=O)OC[C@H](O)[C@@]1(C)CCCCO1. The predicted molar refractivity (Wildman–Crippen MR) is 50.8 cm³/mol. The first-order chi connectivity index (χ1) is 6.54. The van der Waals surface area contributed by atoms with E-state index in [9.17, 15) is 9.90 Å². The van der Waals surface area contributed by atoms with E-state index in [1.807, 2.05) is 6.92 Å². The largest absolute Gasteiger partial charge is 0.463 e. The van der Waals surface area contributed by atoms with Gasteiger partial charge in [0.05, 0.1) is 5.60 Å². The van der Waals surface area contributed by atoms with E-state index in [1.54, 1.807) is 0 Å². The maximum absolute atomic E-state index is 10.6. The van der Waals surface area contributed by atoms with E-state index in [0.717, 1.165) is 19.3 Å². The smallest absolute Gasteiger partial charge is 0.302 e. The Morgan fingerprint density at radius 3 is 2.86 bits per heavy atom. The van der Waals surface area contributed by atoms with E-state index in [-0.39, 0.29) is 12.6 Å². The maximum Gasteiger partial charge on any atom is 0.302 e. The number of rotatable bonds is 3. The second-order valence-electron chi connectivity index (χ2n) is 3.94. The van der Waals surface area contributed by atoms with Gasteiger partial charge in [-0.15, -0.1) is 0 Å². The summed E-state index contributed by atoms with van der Waals surface area (Å²) >= 11 is 0. The lowest BCUT2D eigenvalue weighted by molar-refractivity contribution is -0.166. The van der Waals surface area contributed by atoms with E-state index in [2.05, 4.69) is 0 Å². The van der Waals surface area contributed by atoms with Gasteiger partial charge < -0.3 is 14.6 Å². The summed E-state index contributed by atoms with van der Waals surface area (Å²) in [5, 5.41) is 9.78. The molecule has 0 aromatic carbocycles. The van der Waals surface area contributed by atoms with Gasteiger partial charge in [0.2, 0.25) is 0 Å². The topological polar surface area (TPSA) is 55.8 Å². The van der Waals surface area contributed by atoms with Crippen molar-refractivity contribution in [2.45, 2.75) is 44.8 Å². The minimum absolute atomic E-state index is 0.0197. The summed E-state index contributed by atoms with van der Waals surface area (Å²) in [6, 6.07) is 0. The van der Waals surface area contributed by atoms with Crippen LogP contribution in [0.4, 0.5) is 0 Å². The quantitative estimate of drug-likeness (QED) is 0.690. The van der Waals surface area contributed by atoms with Crippen molar-refractivity contribution < 1.29 is 19.4 Å². The number of aliphatic hydroxyl groups is 1. The van der Waals surface area contributed by atoms with Gasteiger partial charge in [-0.2, -0.15) is 0 Å². The Balaban J connectivity index is 2.40. The standard InChI is InChI=1S/C10H18O4/c1-8(11)13-7-9(12)10(2)5-3-4-6-14-10/h9,12H,3-7H2,1-2H3/t9-,10+/m0/s1. The van der Waals surface area contributed by atoms with Crippen LogP contribution in [0.1, 0.15) is 33.1 Å². The first-order valence-electron chi connectivity index (χ1n) is 5.00. The highest BCUT2D eigenvalue weighted by molar-refractivity contribution is 5.65. The van der Waals surface area contributed by atoms with E-state index in [4.69, 9.17) is 9.47 Å². The average molecular weight is 202 g/mol. The van der Waals surface area contributed by atoms with Crippen molar-refractivity contribution in [1.82, 2.24) is 0 Å². The highest BCUT2D eigenvalue weighted by atomic mass is 16.6. The molecule has 14 heavy (non-hydrogen) atoms. The van der Waals surface area contributed by atoms with Crippen molar-refractivity contribution in [2.24, 2.45) is 0 Å². The number of carbonyl (C=O) groups excluding carboxylic acids is 1. The number of carbonyl (C=O) groups is 1. The van der Waals surface area contributed by atoms with Gasteiger partial charge in [0.15, 0.2) is 0 Å². The average Bonchev–Trinajstić information content (AvgIpc) is 2.15. The highest BCUT2D eigenvalue weighted by Gasteiger charge is 2.36. The van der Waals surface area contributed by atoms with E-state index in [1.165, 1.54) is 6.92 Å². The Hall–Kier alpha value is -0.610. The van der Waals surface area contributed by atoms with Gasteiger partial charge in [-0.05, 0) is 26.2 Å². The van der Waals surface area contributed by atoms with E-state index >= 15 is 0 Å². The molecule has 0 spiro atoms. The molecule has 1 saturated heterocycles. The van der Waals surface area contributed by atoms with Crippen molar-refractivity contribution in [1.29, 1.82) is 0 Å². The zero-order valence-electron chi connectivity index (χ0n) is 8.78. The van der Waals surface area contributed by atoms with Crippen molar-refractivity contribution in [2.75, 3.05) is 13.2 Å². The molecule has 4 heteroatoms. The zero-order valence-corrected chi connectivity index (χ0v) is 8.78. The van der Waals surface area contributed by atoms with Crippen LogP contribution in [0.2, 0.25) is 0 Å². The number of aliphatic hydroxyl groups excluding tert-OH is 1. The summed E-state index contributed by atoms with van der Waals surface area (Å²) in [4.78, 5) is 10.6. The van der Waals surface area contributed by atoms with Crippen LogP contribution in [0.25, 0.3) is 0 Å². The molecule has 1 heterocycles. The lowest BCUT2D eigenvalue weighted by atomic mass is 9.90. The highest BCUT2D eigenvalue weighted by Crippen LogP contribution is 2.27. The summed E-state index contributed by atoms with van der Waals surface area (Å²) in [7, 11) is 0. The van der Waals surface area contributed by atoms with Gasteiger partial charge >= 0.3 is 5.97 Å². The molecule has 1 N–H and O–H groups in total. The van der Waals surface area contributed by atoms with Gasteiger partial charge in [-0.25, -0.2) is 0 Å². The van der Waals surface area contributed by atoms with E-state index in [0.29, 0.717) is 6.61 Å². The fourth-order valence-electron chi connectivity index (χ4n) is 1.59. The molecule has 0 radical (unpaired) electrons. The molecule has 1 aliphatic heterocycles. The fourth-order valence-corrected chi connectivity index (χ4v) is 1.59. The minimum Gasteiger partial charge on any atom is -0.463 e. The Bertz CT molecular complexity index is 196. The van der Waals surface area contributed by atoms with Crippen molar-refractivity contribution in [3.63, 3.8) is 0 Å². The van der Waals surface area contributed by atoms with Crippen LogP contribution in [0, 0.1) is 0 Å². The Morgan fingerprint density at radius 1 is 1.64 bits per heavy atom. The minimum atomic E-state index is -0.730. The first kappa shape index (κ1) is 11.5. The Kier molecular flexibility index (Phi) is 3.89. The molecular weight excluding hydrogens is 184 g/mol. The Morgan fingerprint density at radius 2 is 2.36 bits per heavy atom. The van der Waals surface area contributed by atoms with Crippen LogP contribution in [0.3, 0.4) is 0 Å². The Labute approximate surface area is 84.2 Å². The molecule has 0 aromatic heterocycles. The monoisotopic (exact) mass is 202 g/mol. The zero-order chi connectivity index (χ0) is 10.6. The van der Waals surface area contributed by atoms with Gasteiger partial charge in [0.25, 0.3) is 0 Å². The summed E-state index contributed by atoms with van der Waals surface area (Å²) in [5.74, 6) is -0.372. The molecule has 0 unspecified atom stereocenters. The third-order valence-electron chi connectivity index (χ3n) is 2.65. The number of hydrogen-bond acceptors (Lipinski definition) is 4. The van der Waals surface area contributed by atoms with Crippen LogP contribution < -0.4 is 0 Å². The molecule has 1 aliphatic rings. The molecule has 1 fully saturated rings. The molecule has 4 nitrogen and oxygen atoms in total. The van der Waals surface area contributed by atoms with Crippen LogP contribution in [0.15, 0.2) is 0 Å². The maximum atomic E-state index is 10.6. The molecule has 0 aromatic rings. The van der Waals surface area contributed by atoms with Crippen LogP contribution in [0.5, 0.6) is 0 Å².